The lowest BCUT2D eigenvalue weighted by atomic mass is 10.3. The van der Waals surface area contributed by atoms with Crippen molar-refractivity contribution in [1.82, 2.24) is 5.32 Å². The van der Waals surface area contributed by atoms with Gasteiger partial charge in [0.2, 0.25) is 0 Å². The van der Waals surface area contributed by atoms with Gasteiger partial charge in [-0.05, 0) is 12.1 Å². The molecule has 0 heterocycles. The van der Waals surface area contributed by atoms with E-state index in [0.717, 1.165) is 0 Å². The van der Waals surface area contributed by atoms with Gasteiger partial charge in [0.1, 0.15) is 12.7 Å². The van der Waals surface area contributed by atoms with Gasteiger partial charge in [0.15, 0.2) is 5.75 Å². The molecular formula is C12H17BrN2O5. The number of hydrogen-bond acceptors (Lipinski definition) is 6. The van der Waals surface area contributed by atoms with E-state index in [1.165, 1.54) is 12.1 Å². The Kier molecular flexibility index (Phi) is 7.45. The van der Waals surface area contributed by atoms with Crippen molar-refractivity contribution in [2.75, 3.05) is 33.4 Å². The summed E-state index contributed by atoms with van der Waals surface area (Å²) >= 11 is 3.16. The van der Waals surface area contributed by atoms with E-state index < -0.39 is 11.0 Å². The molecule has 2 N–H and O–H groups in total. The van der Waals surface area contributed by atoms with Crippen LogP contribution in [-0.2, 0) is 4.74 Å². The number of nitro benzene ring substituents is 1. The Hall–Kier alpha value is -1.22. The fourth-order valence-corrected chi connectivity index (χ4v) is 1.79. The van der Waals surface area contributed by atoms with Gasteiger partial charge in [0.25, 0.3) is 0 Å². The zero-order valence-electron chi connectivity index (χ0n) is 11.0. The minimum atomic E-state index is -0.755. The number of halogens is 1. The number of rotatable bonds is 9. The minimum Gasteiger partial charge on any atom is -0.484 e. The summed E-state index contributed by atoms with van der Waals surface area (Å²) in [7, 11) is 1.59. The molecule has 0 aromatic heterocycles. The minimum absolute atomic E-state index is 0.0253. The van der Waals surface area contributed by atoms with Crippen molar-refractivity contribution in [3.63, 3.8) is 0 Å². The number of aliphatic hydroxyl groups is 1. The van der Waals surface area contributed by atoms with Crippen molar-refractivity contribution in [1.29, 1.82) is 0 Å². The lowest BCUT2D eigenvalue weighted by Crippen LogP contribution is -2.33. The van der Waals surface area contributed by atoms with Gasteiger partial charge in [-0.1, -0.05) is 15.9 Å². The number of nitrogens with zero attached hydrogens (tertiary/aromatic N) is 1. The molecule has 0 saturated carbocycles. The number of methoxy groups -OCH3 is 1. The summed E-state index contributed by atoms with van der Waals surface area (Å²) in [4.78, 5) is 10.4. The van der Waals surface area contributed by atoms with Crippen LogP contribution in [0, 0.1) is 10.1 Å². The van der Waals surface area contributed by atoms with Crippen LogP contribution < -0.4 is 10.1 Å². The number of nitro groups is 1. The molecule has 0 bridgehead atoms. The zero-order valence-corrected chi connectivity index (χ0v) is 12.6. The molecule has 0 aliphatic rings. The smallest absolute Gasteiger partial charge is 0.312 e. The molecule has 1 aromatic rings. The van der Waals surface area contributed by atoms with Gasteiger partial charge < -0.3 is 19.9 Å². The molecule has 0 amide bonds. The van der Waals surface area contributed by atoms with Crippen molar-refractivity contribution in [2.24, 2.45) is 0 Å². The van der Waals surface area contributed by atoms with Crippen molar-refractivity contribution < 1.29 is 19.5 Å². The molecule has 8 heteroatoms. The number of hydrogen-bond donors (Lipinski definition) is 2. The summed E-state index contributed by atoms with van der Waals surface area (Å²) in [6.07, 6.45) is -0.755. The predicted molar refractivity (Wildman–Crippen MR) is 77.0 cm³/mol. The molecule has 1 atom stereocenters. The highest BCUT2D eigenvalue weighted by Crippen LogP contribution is 2.30. The van der Waals surface area contributed by atoms with Crippen LogP contribution in [0.4, 0.5) is 5.69 Å². The molecule has 0 fully saturated rings. The zero-order chi connectivity index (χ0) is 15.0. The first-order chi connectivity index (χ1) is 9.54. The van der Waals surface area contributed by atoms with Crippen LogP contribution in [0.3, 0.4) is 0 Å². The maximum atomic E-state index is 10.9. The van der Waals surface area contributed by atoms with Crippen molar-refractivity contribution in [2.45, 2.75) is 6.10 Å². The molecular weight excluding hydrogens is 332 g/mol. The van der Waals surface area contributed by atoms with Crippen LogP contribution in [0.1, 0.15) is 0 Å². The van der Waals surface area contributed by atoms with Crippen molar-refractivity contribution in [3.05, 3.63) is 32.8 Å². The number of nitrogens with one attached hydrogen (secondary N) is 1. The van der Waals surface area contributed by atoms with Gasteiger partial charge in [0, 0.05) is 30.7 Å². The highest BCUT2D eigenvalue weighted by molar-refractivity contribution is 9.10. The Balaban J connectivity index is 2.46. The van der Waals surface area contributed by atoms with Gasteiger partial charge >= 0.3 is 5.69 Å². The summed E-state index contributed by atoms with van der Waals surface area (Å²) in [6.45, 7) is 1.47. The van der Waals surface area contributed by atoms with E-state index in [0.29, 0.717) is 24.2 Å². The molecule has 20 heavy (non-hydrogen) atoms. The Morgan fingerprint density at radius 3 is 2.95 bits per heavy atom. The van der Waals surface area contributed by atoms with Crippen LogP contribution in [0.15, 0.2) is 22.7 Å². The first kappa shape index (κ1) is 16.8. The molecule has 0 radical (unpaired) electrons. The Labute approximate surface area is 125 Å². The maximum absolute atomic E-state index is 10.9. The largest absolute Gasteiger partial charge is 0.484 e. The fraction of sp³-hybridized carbons (Fsp3) is 0.500. The van der Waals surface area contributed by atoms with Gasteiger partial charge in [-0.15, -0.1) is 0 Å². The Bertz CT molecular complexity index is 444. The molecule has 112 valence electrons. The normalized spacial score (nSPS) is 12.2. The third-order valence-corrected chi connectivity index (χ3v) is 2.91. The van der Waals surface area contributed by atoms with Crippen LogP contribution in [0.25, 0.3) is 0 Å². The second-order valence-electron chi connectivity index (χ2n) is 4.03. The fourth-order valence-electron chi connectivity index (χ4n) is 1.44. The molecule has 0 aliphatic carbocycles. The highest BCUT2D eigenvalue weighted by Gasteiger charge is 2.16. The number of benzene rings is 1. The average Bonchev–Trinajstić information content (AvgIpc) is 2.42. The lowest BCUT2D eigenvalue weighted by Gasteiger charge is -2.13. The van der Waals surface area contributed by atoms with E-state index in [1.54, 1.807) is 13.2 Å². The highest BCUT2D eigenvalue weighted by atomic mass is 79.9. The van der Waals surface area contributed by atoms with E-state index in [2.05, 4.69) is 21.2 Å². The van der Waals surface area contributed by atoms with E-state index in [4.69, 9.17) is 9.47 Å². The van der Waals surface area contributed by atoms with Crippen molar-refractivity contribution >= 4 is 21.6 Å². The van der Waals surface area contributed by atoms with Crippen LogP contribution >= 0.6 is 15.9 Å². The number of aliphatic hydroxyl groups excluding tert-OH is 1. The van der Waals surface area contributed by atoms with E-state index >= 15 is 0 Å². The SMILES string of the molecule is COCCNCC(O)COc1ccc(Br)cc1[N+](=O)[O-]. The maximum Gasteiger partial charge on any atom is 0.312 e. The topological polar surface area (TPSA) is 93.9 Å². The summed E-state index contributed by atoms with van der Waals surface area (Å²) in [5.74, 6) is 0.133. The molecule has 0 saturated heterocycles. The van der Waals surface area contributed by atoms with E-state index in [9.17, 15) is 15.2 Å². The second-order valence-corrected chi connectivity index (χ2v) is 4.95. The molecule has 1 unspecified atom stereocenters. The van der Waals surface area contributed by atoms with E-state index in [-0.39, 0.29) is 18.0 Å². The lowest BCUT2D eigenvalue weighted by molar-refractivity contribution is -0.386. The summed E-state index contributed by atoms with van der Waals surface area (Å²) in [5.41, 5.74) is -0.140. The molecule has 7 nitrogen and oxygen atoms in total. The number of ether oxygens (including phenoxy) is 2. The van der Waals surface area contributed by atoms with Gasteiger partial charge in [-0.2, -0.15) is 0 Å². The summed E-state index contributed by atoms with van der Waals surface area (Å²) in [6, 6.07) is 4.50. The third kappa shape index (κ3) is 5.83. The first-order valence-electron chi connectivity index (χ1n) is 5.99. The van der Waals surface area contributed by atoms with Gasteiger partial charge in [-0.25, -0.2) is 0 Å². The predicted octanol–water partition coefficient (Wildman–Crippen LogP) is 1.33. The standard InChI is InChI=1S/C12H17BrN2O5/c1-19-5-4-14-7-10(16)8-20-12-3-2-9(13)6-11(12)15(17)18/h2-3,6,10,14,16H,4-5,7-8H2,1H3. The Morgan fingerprint density at radius 1 is 1.55 bits per heavy atom. The molecule has 1 aromatic carbocycles. The molecule has 0 aliphatic heterocycles. The second kappa shape index (κ2) is 8.85. The summed E-state index contributed by atoms with van der Waals surface area (Å²) in [5, 5.41) is 23.5. The van der Waals surface area contributed by atoms with Crippen LogP contribution in [-0.4, -0.2) is 49.5 Å². The van der Waals surface area contributed by atoms with Crippen molar-refractivity contribution in [3.8, 4) is 5.75 Å². The van der Waals surface area contributed by atoms with Gasteiger partial charge in [-0.3, -0.25) is 10.1 Å². The van der Waals surface area contributed by atoms with Crippen LogP contribution in [0.2, 0.25) is 0 Å². The quantitative estimate of drug-likeness (QED) is 0.397. The Morgan fingerprint density at radius 2 is 2.30 bits per heavy atom. The molecule has 1 rings (SSSR count). The summed E-state index contributed by atoms with van der Waals surface area (Å²) < 4.78 is 10.7. The average molecular weight is 349 g/mol. The first-order valence-corrected chi connectivity index (χ1v) is 6.78. The monoisotopic (exact) mass is 348 g/mol. The van der Waals surface area contributed by atoms with Gasteiger partial charge in [0.05, 0.1) is 11.5 Å². The van der Waals surface area contributed by atoms with E-state index in [1.807, 2.05) is 0 Å². The van der Waals surface area contributed by atoms with Crippen LogP contribution in [0.5, 0.6) is 5.75 Å². The molecule has 0 spiro atoms. The third-order valence-electron chi connectivity index (χ3n) is 2.41.